The predicted octanol–water partition coefficient (Wildman–Crippen LogP) is 1.43. The summed E-state index contributed by atoms with van der Waals surface area (Å²) in [6, 6.07) is 6.29. The van der Waals surface area contributed by atoms with Crippen LogP contribution in [0.2, 0.25) is 0 Å². The lowest BCUT2D eigenvalue weighted by Crippen LogP contribution is -2.36. The molecule has 2 unspecified atom stereocenters. The Morgan fingerprint density at radius 1 is 1.58 bits per heavy atom. The van der Waals surface area contributed by atoms with Crippen molar-refractivity contribution >= 4 is 11.6 Å². The van der Waals surface area contributed by atoms with Crippen LogP contribution >= 0.6 is 0 Å². The molecule has 1 amide bonds. The van der Waals surface area contributed by atoms with E-state index in [-0.39, 0.29) is 11.7 Å². The van der Waals surface area contributed by atoms with Gasteiger partial charge in [0.25, 0.3) is 0 Å². The van der Waals surface area contributed by atoms with E-state index in [4.69, 9.17) is 5.73 Å². The Morgan fingerprint density at radius 3 is 3.00 bits per heavy atom. The molecule has 0 saturated carbocycles. The normalized spacial score (nSPS) is 23.5. The highest BCUT2D eigenvalue weighted by Crippen LogP contribution is 2.21. The molecule has 2 atom stereocenters. The number of likely N-dealkylation sites (tertiary alicyclic amines) is 1. The number of hydrogen-bond donors (Lipinski definition) is 2. The number of amides is 1. The fourth-order valence-corrected chi connectivity index (χ4v) is 2.56. The lowest BCUT2D eigenvalue weighted by molar-refractivity contribution is -0.117. The molecule has 1 saturated heterocycles. The average Bonchev–Trinajstić information content (AvgIpc) is 2.70. The standard InChI is InChI=1S/C14H20FN3O/c1-10-5-11(7-16)8-18(10)9-14(19)17-13-4-2-3-12(15)6-13/h2-4,6,10-11H,5,7-9,16H2,1H3,(H,17,19). The minimum absolute atomic E-state index is 0.116. The van der Waals surface area contributed by atoms with Gasteiger partial charge in [0.1, 0.15) is 5.82 Å². The van der Waals surface area contributed by atoms with E-state index in [9.17, 15) is 9.18 Å². The second-order valence-electron chi connectivity index (χ2n) is 5.17. The van der Waals surface area contributed by atoms with Gasteiger partial charge in [-0.05, 0) is 44.0 Å². The summed E-state index contributed by atoms with van der Waals surface area (Å²) in [5.74, 6) is 0.00243. The van der Waals surface area contributed by atoms with E-state index in [0.29, 0.717) is 30.7 Å². The van der Waals surface area contributed by atoms with Gasteiger partial charge in [0, 0.05) is 18.3 Å². The molecule has 1 aliphatic rings. The van der Waals surface area contributed by atoms with Gasteiger partial charge in [0.15, 0.2) is 0 Å². The van der Waals surface area contributed by atoms with Crippen molar-refractivity contribution < 1.29 is 9.18 Å². The van der Waals surface area contributed by atoms with E-state index in [1.807, 2.05) is 0 Å². The zero-order valence-electron chi connectivity index (χ0n) is 11.1. The molecule has 0 aromatic heterocycles. The SMILES string of the molecule is CC1CC(CN)CN1CC(=O)Nc1cccc(F)c1. The van der Waals surface area contributed by atoms with E-state index in [1.165, 1.54) is 12.1 Å². The van der Waals surface area contributed by atoms with Crippen LogP contribution in [0.25, 0.3) is 0 Å². The number of nitrogens with zero attached hydrogens (tertiary/aromatic N) is 1. The van der Waals surface area contributed by atoms with Gasteiger partial charge in [-0.15, -0.1) is 0 Å². The van der Waals surface area contributed by atoms with Crippen LogP contribution in [-0.2, 0) is 4.79 Å². The molecule has 104 valence electrons. The van der Waals surface area contributed by atoms with E-state index >= 15 is 0 Å². The summed E-state index contributed by atoms with van der Waals surface area (Å²) in [5, 5.41) is 2.71. The van der Waals surface area contributed by atoms with E-state index in [1.54, 1.807) is 12.1 Å². The Bertz CT molecular complexity index is 452. The molecule has 5 heteroatoms. The fourth-order valence-electron chi connectivity index (χ4n) is 2.56. The molecule has 0 bridgehead atoms. The Labute approximate surface area is 112 Å². The zero-order valence-corrected chi connectivity index (χ0v) is 11.1. The van der Waals surface area contributed by atoms with Crippen molar-refractivity contribution in [1.29, 1.82) is 0 Å². The van der Waals surface area contributed by atoms with Crippen LogP contribution in [0.4, 0.5) is 10.1 Å². The smallest absolute Gasteiger partial charge is 0.238 e. The van der Waals surface area contributed by atoms with Crippen LogP contribution in [0.5, 0.6) is 0 Å². The van der Waals surface area contributed by atoms with Crippen molar-refractivity contribution in [3.8, 4) is 0 Å². The first-order valence-corrected chi connectivity index (χ1v) is 6.58. The monoisotopic (exact) mass is 265 g/mol. The van der Waals surface area contributed by atoms with Crippen LogP contribution < -0.4 is 11.1 Å². The van der Waals surface area contributed by atoms with Gasteiger partial charge < -0.3 is 11.1 Å². The first-order chi connectivity index (χ1) is 9.08. The van der Waals surface area contributed by atoms with Crippen LogP contribution in [0.15, 0.2) is 24.3 Å². The van der Waals surface area contributed by atoms with Gasteiger partial charge in [0.2, 0.25) is 5.91 Å². The van der Waals surface area contributed by atoms with Gasteiger partial charge >= 0.3 is 0 Å². The number of carbonyl (C=O) groups is 1. The summed E-state index contributed by atoms with van der Waals surface area (Å²) in [4.78, 5) is 14.0. The Morgan fingerprint density at radius 2 is 2.37 bits per heavy atom. The minimum Gasteiger partial charge on any atom is -0.330 e. The van der Waals surface area contributed by atoms with Crippen molar-refractivity contribution in [3.63, 3.8) is 0 Å². The molecule has 1 aromatic carbocycles. The summed E-state index contributed by atoms with van der Waals surface area (Å²) in [6.07, 6.45) is 1.03. The van der Waals surface area contributed by atoms with E-state index in [0.717, 1.165) is 13.0 Å². The molecular formula is C14H20FN3O. The number of benzene rings is 1. The van der Waals surface area contributed by atoms with Gasteiger partial charge in [-0.2, -0.15) is 0 Å². The predicted molar refractivity (Wildman–Crippen MR) is 73.2 cm³/mol. The summed E-state index contributed by atoms with van der Waals surface area (Å²) in [7, 11) is 0. The highest BCUT2D eigenvalue weighted by molar-refractivity contribution is 5.92. The first kappa shape index (κ1) is 14.0. The quantitative estimate of drug-likeness (QED) is 0.866. The molecule has 0 spiro atoms. The van der Waals surface area contributed by atoms with E-state index in [2.05, 4.69) is 17.1 Å². The highest BCUT2D eigenvalue weighted by atomic mass is 19.1. The molecular weight excluding hydrogens is 245 g/mol. The number of halogens is 1. The highest BCUT2D eigenvalue weighted by Gasteiger charge is 2.29. The first-order valence-electron chi connectivity index (χ1n) is 6.58. The van der Waals surface area contributed by atoms with E-state index < -0.39 is 0 Å². The topological polar surface area (TPSA) is 58.4 Å². The van der Waals surface area contributed by atoms with Crippen LogP contribution in [0, 0.1) is 11.7 Å². The van der Waals surface area contributed by atoms with Crippen LogP contribution in [0.1, 0.15) is 13.3 Å². The lowest BCUT2D eigenvalue weighted by Gasteiger charge is -2.20. The third-order valence-corrected chi connectivity index (χ3v) is 3.58. The van der Waals surface area contributed by atoms with Crippen LogP contribution in [-0.4, -0.2) is 36.5 Å². The summed E-state index contributed by atoms with van der Waals surface area (Å²) < 4.78 is 13.0. The maximum atomic E-state index is 13.0. The maximum absolute atomic E-state index is 13.0. The lowest BCUT2D eigenvalue weighted by atomic mass is 10.1. The third kappa shape index (κ3) is 3.75. The zero-order chi connectivity index (χ0) is 13.8. The summed E-state index contributed by atoms with van der Waals surface area (Å²) in [5.41, 5.74) is 6.15. The second kappa shape index (κ2) is 6.12. The molecule has 1 heterocycles. The second-order valence-corrected chi connectivity index (χ2v) is 5.17. The molecule has 0 aliphatic carbocycles. The summed E-state index contributed by atoms with van der Waals surface area (Å²) in [6.45, 7) is 3.94. The molecule has 2 rings (SSSR count). The molecule has 4 nitrogen and oxygen atoms in total. The number of nitrogens with one attached hydrogen (secondary N) is 1. The van der Waals surface area contributed by atoms with Gasteiger partial charge in [-0.1, -0.05) is 6.07 Å². The average molecular weight is 265 g/mol. The largest absolute Gasteiger partial charge is 0.330 e. The van der Waals surface area contributed by atoms with Gasteiger partial charge in [0.05, 0.1) is 6.54 Å². The molecule has 19 heavy (non-hydrogen) atoms. The van der Waals surface area contributed by atoms with Crippen molar-refractivity contribution in [2.75, 3.05) is 25.0 Å². The number of anilines is 1. The molecule has 1 aromatic rings. The maximum Gasteiger partial charge on any atom is 0.238 e. The minimum atomic E-state index is -0.351. The number of rotatable bonds is 4. The summed E-state index contributed by atoms with van der Waals surface area (Å²) >= 11 is 0. The Kier molecular flexibility index (Phi) is 4.50. The number of hydrogen-bond acceptors (Lipinski definition) is 3. The number of nitrogens with two attached hydrogens (primary N) is 1. The van der Waals surface area contributed by atoms with Crippen LogP contribution in [0.3, 0.4) is 0 Å². The Balaban J connectivity index is 1.88. The Hall–Kier alpha value is -1.46. The molecule has 3 N–H and O–H groups in total. The molecule has 1 fully saturated rings. The van der Waals surface area contributed by atoms with Gasteiger partial charge in [-0.3, -0.25) is 9.69 Å². The van der Waals surface area contributed by atoms with Gasteiger partial charge in [-0.25, -0.2) is 4.39 Å². The molecule has 1 aliphatic heterocycles. The number of carbonyl (C=O) groups excluding carboxylic acids is 1. The van der Waals surface area contributed by atoms with Crippen molar-refractivity contribution in [2.45, 2.75) is 19.4 Å². The van der Waals surface area contributed by atoms with Crippen molar-refractivity contribution in [1.82, 2.24) is 4.90 Å². The van der Waals surface area contributed by atoms with Crippen molar-refractivity contribution in [2.24, 2.45) is 11.7 Å². The van der Waals surface area contributed by atoms with Crippen molar-refractivity contribution in [3.05, 3.63) is 30.1 Å². The third-order valence-electron chi connectivity index (χ3n) is 3.58. The molecule has 0 radical (unpaired) electrons. The fraction of sp³-hybridized carbons (Fsp3) is 0.500.